The molecular formula is C16H15BrN2O6S. The van der Waals surface area contributed by atoms with Crippen LogP contribution in [0.15, 0.2) is 27.6 Å². The summed E-state index contributed by atoms with van der Waals surface area (Å²) in [5, 5.41) is 10.4. The summed E-state index contributed by atoms with van der Waals surface area (Å²) >= 11 is 3.75. The van der Waals surface area contributed by atoms with Crippen molar-refractivity contribution in [1.82, 2.24) is 4.90 Å². The number of nitro benzene ring substituents is 1. The van der Waals surface area contributed by atoms with Crippen molar-refractivity contribution >= 4 is 56.6 Å². The van der Waals surface area contributed by atoms with Gasteiger partial charge in [0, 0.05) is 6.07 Å². The number of ether oxygens (including phenoxy) is 1. The van der Waals surface area contributed by atoms with Gasteiger partial charge >= 0.3 is 5.97 Å². The monoisotopic (exact) mass is 442 g/mol. The van der Waals surface area contributed by atoms with Crippen molar-refractivity contribution in [3.05, 3.63) is 43.3 Å². The summed E-state index contributed by atoms with van der Waals surface area (Å²) in [6, 6.07) is 4.34. The topological polar surface area (TPSA) is 107 Å². The van der Waals surface area contributed by atoms with Gasteiger partial charge in [-0.15, -0.1) is 0 Å². The molecule has 1 aliphatic heterocycles. The fraction of sp³-hybridized carbons (Fsp3) is 0.312. The molecule has 1 aromatic carbocycles. The van der Waals surface area contributed by atoms with E-state index in [-0.39, 0.29) is 23.1 Å². The molecule has 138 valence electrons. The van der Waals surface area contributed by atoms with Crippen LogP contribution in [0.3, 0.4) is 0 Å². The molecule has 0 radical (unpaired) electrons. The van der Waals surface area contributed by atoms with Gasteiger partial charge in [0.2, 0.25) is 0 Å². The highest BCUT2D eigenvalue weighted by Gasteiger charge is 2.36. The molecule has 0 atom stereocenters. The van der Waals surface area contributed by atoms with E-state index >= 15 is 0 Å². The van der Waals surface area contributed by atoms with Gasteiger partial charge in [0.15, 0.2) is 0 Å². The smallest absolute Gasteiger partial charge is 0.326 e. The molecule has 0 saturated carbocycles. The van der Waals surface area contributed by atoms with E-state index in [1.54, 1.807) is 6.07 Å². The van der Waals surface area contributed by atoms with Crippen molar-refractivity contribution in [3.8, 4) is 0 Å². The fourth-order valence-corrected chi connectivity index (χ4v) is 3.21. The molecule has 1 aromatic rings. The second kappa shape index (κ2) is 8.45. The maximum Gasteiger partial charge on any atom is 0.326 e. The van der Waals surface area contributed by atoms with E-state index in [4.69, 9.17) is 4.74 Å². The number of esters is 1. The Morgan fingerprint density at radius 1 is 1.42 bits per heavy atom. The first-order chi connectivity index (χ1) is 12.2. The predicted molar refractivity (Wildman–Crippen MR) is 99.3 cm³/mol. The van der Waals surface area contributed by atoms with Crippen molar-refractivity contribution in [2.45, 2.75) is 13.8 Å². The molecule has 2 amide bonds. The van der Waals surface area contributed by atoms with Crippen LogP contribution in [-0.4, -0.2) is 40.1 Å². The van der Waals surface area contributed by atoms with Crippen molar-refractivity contribution in [2.75, 3.05) is 13.2 Å². The van der Waals surface area contributed by atoms with Crippen LogP contribution in [0.4, 0.5) is 10.5 Å². The van der Waals surface area contributed by atoms with Gasteiger partial charge < -0.3 is 4.74 Å². The third-order valence-electron chi connectivity index (χ3n) is 3.20. The van der Waals surface area contributed by atoms with Gasteiger partial charge in [0.1, 0.15) is 6.54 Å². The fourth-order valence-electron chi connectivity index (χ4n) is 1.98. The van der Waals surface area contributed by atoms with Crippen LogP contribution in [0.25, 0.3) is 6.08 Å². The van der Waals surface area contributed by atoms with E-state index < -0.39 is 28.6 Å². The molecular weight excluding hydrogens is 428 g/mol. The zero-order valence-electron chi connectivity index (χ0n) is 13.9. The molecule has 1 aliphatic rings. The predicted octanol–water partition coefficient (Wildman–Crippen LogP) is 3.59. The van der Waals surface area contributed by atoms with Gasteiger partial charge in [0.25, 0.3) is 16.8 Å². The first-order valence-corrected chi connectivity index (χ1v) is 9.15. The Kier molecular flexibility index (Phi) is 6.54. The van der Waals surface area contributed by atoms with Gasteiger partial charge in [-0.1, -0.05) is 19.9 Å². The average Bonchev–Trinajstić information content (AvgIpc) is 2.82. The van der Waals surface area contributed by atoms with Crippen LogP contribution in [0, 0.1) is 16.0 Å². The van der Waals surface area contributed by atoms with E-state index in [2.05, 4.69) is 15.9 Å². The third-order valence-corrected chi connectivity index (χ3v) is 4.78. The highest BCUT2D eigenvalue weighted by Crippen LogP contribution is 2.33. The van der Waals surface area contributed by atoms with Gasteiger partial charge in [-0.2, -0.15) is 0 Å². The van der Waals surface area contributed by atoms with E-state index in [0.29, 0.717) is 21.8 Å². The lowest BCUT2D eigenvalue weighted by molar-refractivity contribution is -0.385. The molecule has 1 saturated heterocycles. The Labute approximate surface area is 161 Å². The highest BCUT2D eigenvalue weighted by molar-refractivity contribution is 9.10. The number of nitrogens with zero attached hydrogens (tertiary/aromatic N) is 2. The lowest BCUT2D eigenvalue weighted by Crippen LogP contribution is -2.34. The van der Waals surface area contributed by atoms with Gasteiger partial charge in [-0.05, 0) is 51.3 Å². The molecule has 1 heterocycles. The Morgan fingerprint density at radius 3 is 2.73 bits per heavy atom. The van der Waals surface area contributed by atoms with Gasteiger partial charge in [-0.3, -0.25) is 29.4 Å². The Bertz CT molecular complexity index is 808. The summed E-state index contributed by atoms with van der Waals surface area (Å²) in [6.45, 7) is 3.48. The van der Waals surface area contributed by atoms with Crippen LogP contribution in [-0.2, 0) is 14.3 Å². The number of halogens is 1. The Morgan fingerprint density at radius 2 is 2.12 bits per heavy atom. The van der Waals surface area contributed by atoms with E-state index in [1.807, 2.05) is 13.8 Å². The highest BCUT2D eigenvalue weighted by atomic mass is 79.9. The lowest BCUT2D eigenvalue weighted by Gasteiger charge is -2.12. The largest absolute Gasteiger partial charge is 0.464 e. The van der Waals surface area contributed by atoms with Crippen LogP contribution < -0.4 is 0 Å². The van der Waals surface area contributed by atoms with E-state index in [0.717, 1.165) is 4.90 Å². The van der Waals surface area contributed by atoms with Crippen molar-refractivity contribution in [1.29, 1.82) is 0 Å². The minimum absolute atomic E-state index is 0.0864. The summed E-state index contributed by atoms with van der Waals surface area (Å²) in [6.07, 6.45) is 1.38. The normalized spacial score (nSPS) is 15.8. The number of carbonyl (C=O) groups is 3. The number of thioether (sulfide) groups is 1. The molecule has 26 heavy (non-hydrogen) atoms. The van der Waals surface area contributed by atoms with Crippen molar-refractivity contribution < 1.29 is 24.0 Å². The van der Waals surface area contributed by atoms with Gasteiger partial charge in [-0.25, -0.2) is 0 Å². The Balaban J connectivity index is 2.15. The number of carbonyl (C=O) groups excluding carboxylic acids is 3. The molecule has 0 unspecified atom stereocenters. The summed E-state index contributed by atoms with van der Waals surface area (Å²) in [5.74, 6) is -1.16. The number of hydrogen-bond donors (Lipinski definition) is 0. The second-order valence-electron chi connectivity index (χ2n) is 5.81. The molecule has 0 aromatic heterocycles. The SMILES string of the molecule is CC(C)COC(=O)CN1C(=O)S/C(=C\c2ccc(Br)c([N+](=O)[O-])c2)C1=O. The van der Waals surface area contributed by atoms with Crippen LogP contribution >= 0.6 is 27.7 Å². The van der Waals surface area contributed by atoms with Gasteiger partial charge in [0.05, 0.1) is 20.9 Å². The number of nitro groups is 1. The van der Waals surface area contributed by atoms with Crippen molar-refractivity contribution in [3.63, 3.8) is 0 Å². The Hall–Kier alpha value is -2.20. The van der Waals surface area contributed by atoms with E-state index in [9.17, 15) is 24.5 Å². The average molecular weight is 443 g/mol. The first kappa shape index (κ1) is 20.1. The van der Waals surface area contributed by atoms with Crippen molar-refractivity contribution in [2.24, 2.45) is 5.92 Å². The van der Waals surface area contributed by atoms with Crippen LogP contribution in [0.2, 0.25) is 0 Å². The minimum Gasteiger partial charge on any atom is -0.464 e. The summed E-state index contributed by atoms with van der Waals surface area (Å²) < 4.78 is 5.28. The number of hydrogen-bond acceptors (Lipinski definition) is 7. The zero-order chi connectivity index (χ0) is 19.4. The number of amides is 2. The first-order valence-electron chi connectivity index (χ1n) is 7.54. The second-order valence-corrected chi connectivity index (χ2v) is 7.66. The van der Waals surface area contributed by atoms with Crippen LogP contribution in [0.5, 0.6) is 0 Å². The standard InChI is InChI=1S/C16H15BrN2O6S/c1-9(2)8-25-14(20)7-18-15(21)13(26-16(18)22)6-10-3-4-11(17)12(5-10)19(23)24/h3-6,9H,7-8H2,1-2H3/b13-6-. The van der Waals surface area contributed by atoms with E-state index in [1.165, 1.54) is 18.2 Å². The summed E-state index contributed by atoms with van der Waals surface area (Å²) in [4.78, 5) is 47.4. The minimum atomic E-state index is -0.665. The molecule has 10 heteroatoms. The number of imide groups is 1. The quantitative estimate of drug-likeness (QED) is 0.286. The lowest BCUT2D eigenvalue weighted by atomic mass is 10.2. The molecule has 1 fully saturated rings. The third kappa shape index (κ3) is 4.92. The maximum atomic E-state index is 12.3. The van der Waals surface area contributed by atoms with Crippen LogP contribution in [0.1, 0.15) is 19.4 Å². The molecule has 0 N–H and O–H groups in total. The maximum absolute atomic E-state index is 12.3. The summed E-state index contributed by atoms with van der Waals surface area (Å²) in [5.41, 5.74) is 0.239. The number of rotatable bonds is 6. The zero-order valence-corrected chi connectivity index (χ0v) is 16.3. The molecule has 2 rings (SSSR count). The molecule has 8 nitrogen and oxygen atoms in total. The number of benzene rings is 1. The molecule has 0 spiro atoms. The summed E-state index contributed by atoms with van der Waals surface area (Å²) in [7, 11) is 0. The molecule has 0 aliphatic carbocycles. The molecule has 0 bridgehead atoms.